The minimum absolute atomic E-state index is 0.112. The van der Waals surface area contributed by atoms with Gasteiger partial charge >= 0.3 is 6.09 Å². The quantitative estimate of drug-likeness (QED) is 0.382. The molecule has 4 aromatic rings. The maximum absolute atomic E-state index is 12.6. The molecule has 0 fully saturated rings. The topological polar surface area (TPSA) is 87.3 Å². The number of para-hydroxylation sites is 1. The van der Waals surface area contributed by atoms with Crippen LogP contribution in [-0.4, -0.2) is 20.6 Å². The van der Waals surface area contributed by atoms with Crippen LogP contribution in [0.5, 0.6) is 0 Å². The number of carbonyl (C=O) groups is 1. The third-order valence-corrected chi connectivity index (χ3v) is 4.46. The Hall–Kier alpha value is -4.00. The molecular formula is C21H15N3O4. The lowest BCUT2D eigenvalue weighted by atomic mass is 9.95. The lowest BCUT2D eigenvalue weighted by Crippen LogP contribution is -2.18. The summed E-state index contributed by atoms with van der Waals surface area (Å²) in [6.07, 6.45) is 2.61. The molecule has 0 saturated heterocycles. The predicted molar refractivity (Wildman–Crippen MR) is 103 cm³/mol. The van der Waals surface area contributed by atoms with Crippen molar-refractivity contribution in [3.05, 3.63) is 107 Å². The summed E-state index contributed by atoms with van der Waals surface area (Å²) in [6.45, 7) is 0. The zero-order valence-electron chi connectivity index (χ0n) is 14.6. The van der Waals surface area contributed by atoms with Gasteiger partial charge in [-0.05, 0) is 16.8 Å². The van der Waals surface area contributed by atoms with E-state index in [-0.39, 0.29) is 5.69 Å². The van der Waals surface area contributed by atoms with E-state index in [2.05, 4.69) is 4.98 Å². The van der Waals surface area contributed by atoms with Crippen molar-refractivity contribution in [2.24, 2.45) is 0 Å². The van der Waals surface area contributed by atoms with E-state index in [0.29, 0.717) is 11.1 Å². The number of imidazole rings is 1. The van der Waals surface area contributed by atoms with Crippen LogP contribution in [0, 0.1) is 10.1 Å². The van der Waals surface area contributed by atoms with Crippen molar-refractivity contribution in [1.82, 2.24) is 9.55 Å². The molecule has 3 aromatic carbocycles. The predicted octanol–water partition coefficient (Wildman–Crippen LogP) is 4.72. The summed E-state index contributed by atoms with van der Waals surface area (Å²) in [5.74, 6) is 0. The molecule has 1 unspecified atom stereocenters. The zero-order valence-corrected chi connectivity index (χ0v) is 14.6. The highest BCUT2D eigenvalue weighted by molar-refractivity contribution is 5.87. The van der Waals surface area contributed by atoms with Crippen molar-refractivity contribution < 1.29 is 14.5 Å². The van der Waals surface area contributed by atoms with Gasteiger partial charge in [0.2, 0.25) is 0 Å². The van der Waals surface area contributed by atoms with Crippen molar-refractivity contribution in [2.75, 3.05) is 0 Å². The molecule has 0 aliphatic rings. The number of aromatic nitrogens is 2. The Morgan fingerprint density at radius 2 is 1.71 bits per heavy atom. The van der Waals surface area contributed by atoms with Gasteiger partial charge in [-0.15, -0.1) is 0 Å². The van der Waals surface area contributed by atoms with Crippen LogP contribution in [0.4, 0.5) is 10.5 Å². The standard InChI is InChI=1S/C21H15N3O4/c25-21(23-13-12-22-14-23)28-20(18-9-3-4-11-19(18)24(26)27)17-10-5-7-15-6-1-2-8-16(15)17/h1-14,20H. The average molecular weight is 373 g/mol. The van der Waals surface area contributed by atoms with E-state index in [0.717, 1.165) is 10.8 Å². The maximum Gasteiger partial charge on any atom is 0.420 e. The zero-order chi connectivity index (χ0) is 19.5. The minimum Gasteiger partial charge on any atom is -0.435 e. The molecule has 7 nitrogen and oxygen atoms in total. The molecule has 0 saturated carbocycles. The van der Waals surface area contributed by atoms with Gasteiger partial charge in [0.25, 0.3) is 5.69 Å². The fourth-order valence-corrected chi connectivity index (χ4v) is 3.18. The van der Waals surface area contributed by atoms with Crippen LogP contribution in [0.3, 0.4) is 0 Å². The molecule has 1 aromatic heterocycles. The van der Waals surface area contributed by atoms with Crippen LogP contribution >= 0.6 is 0 Å². The Balaban J connectivity index is 1.89. The summed E-state index contributed by atoms with van der Waals surface area (Å²) in [5.41, 5.74) is 0.858. The van der Waals surface area contributed by atoms with Crippen LogP contribution in [-0.2, 0) is 4.74 Å². The number of carbonyl (C=O) groups excluding carboxylic acids is 1. The third-order valence-electron chi connectivity index (χ3n) is 4.46. The fourth-order valence-electron chi connectivity index (χ4n) is 3.18. The molecule has 0 spiro atoms. The van der Waals surface area contributed by atoms with E-state index in [1.165, 1.54) is 29.4 Å². The van der Waals surface area contributed by atoms with Crippen molar-refractivity contribution in [1.29, 1.82) is 0 Å². The maximum atomic E-state index is 12.6. The molecule has 0 amide bonds. The molecule has 1 atom stereocenters. The van der Waals surface area contributed by atoms with Crippen molar-refractivity contribution in [3.63, 3.8) is 0 Å². The first-order chi connectivity index (χ1) is 13.6. The monoisotopic (exact) mass is 373 g/mol. The van der Waals surface area contributed by atoms with Gasteiger partial charge in [-0.3, -0.25) is 10.1 Å². The van der Waals surface area contributed by atoms with Crippen LogP contribution < -0.4 is 0 Å². The van der Waals surface area contributed by atoms with E-state index in [1.807, 2.05) is 42.5 Å². The first-order valence-corrected chi connectivity index (χ1v) is 8.55. The molecule has 28 heavy (non-hydrogen) atoms. The van der Waals surface area contributed by atoms with Gasteiger partial charge in [-0.25, -0.2) is 14.3 Å². The van der Waals surface area contributed by atoms with Gasteiger partial charge in [0.05, 0.1) is 10.5 Å². The number of nitro benzene ring substituents is 1. The number of rotatable bonds is 4. The Morgan fingerprint density at radius 3 is 2.50 bits per heavy atom. The Labute approximate surface area is 160 Å². The van der Waals surface area contributed by atoms with Crippen molar-refractivity contribution in [3.8, 4) is 0 Å². The third kappa shape index (κ3) is 3.21. The molecule has 1 heterocycles. The summed E-state index contributed by atoms with van der Waals surface area (Å²) in [5, 5.41) is 13.4. The SMILES string of the molecule is O=C(OC(c1ccccc1[N+](=O)[O-])c1cccc2ccccc12)n1ccnc1. The Morgan fingerprint density at radius 1 is 1.00 bits per heavy atom. The van der Waals surface area contributed by atoms with Gasteiger partial charge in [0.1, 0.15) is 6.33 Å². The first kappa shape index (κ1) is 17.4. The first-order valence-electron chi connectivity index (χ1n) is 8.55. The second-order valence-corrected chi connectivity index (χ2v) is 6.12. The Kier molecular flexibility index (Phi) is 4.55. The Bertz CT molecular complexity index is 1150. The molecule has 0 bridgehead atoms. The summed E-state index contributed by atoms with van der Waals surface area (Å²) in [7, 11) is 0. The molecule has 138 valence electrons. The van der Waals surface area contributed by atoms with Crippen LogP contribution in [0.25, 0.3) is 10.8 Å². The van der Waals surface area contributed by atoms with Gasteiger partial charge in [0.15, 0.2) is 6.10 Å². The highest BCUT2D eigenvalue weighted by Gasteiger charge is 2.28. The summed E-state index contributed by atoms with van der Waals surface area (Å²) in [4.78, 5) is 27.6. The molecule has 0 N–H and O–H groups in total. The fraction of sp³-hybridized carbons (Fsp3) is 0.0476. The summed E-state index contributed by atoms with van der Waals surface area (Å²) in [6, 6.07) is 19.5. The van der Waals surface area contributed by atoms with Crippen molar-refractivity contribution >= 4 is 22.6 Å². The number of ether oxygens (including phenoxy) is 1. The highest BCUT2D eigenvalue weighted by atomic mass is 16.6. The minimum atomic E-state index is -0.956. The molecule has 4 rings (SSSR count). The van der Waals surface area contributed by atoms with E-state index < -0.39 is 17.1 Å². The van der Waals surface area contributed by atoms with Gasteiger partial charge < -0.3 is 4.74 Å². The molecular weight excluding hydrogens is 358 g/mol. The van der Waals surface area contributed by atoms with Gasteiger partial charge in [0, 0.05) is 24.0 Å². The number of hydrogen-bond acceptors (Lipinski definition) is 5. The number of benzene rings is 3. The summed E-state index contributed by atoms with van der Waals surface area (Å²) >= 11 is 0. The average Bonchev–Trinajstić information content (AvgIpc) is 3.26. The second kappa shape index (κ2) is 7.32. The number of nitrogens with zero attached hydrogens (tertiary/aromatic N) is 3. The van der Waals surface area contributed by atoms with E-state index in [9.17, 15) is 14.9 Å². The molecule has 0 aliphatic heterocycles. The van der Waals surface area contributed by atoms with E-state index >= 15 is 0 Å². The molecule has 7 heteroatoms. The van der Waals surface area contributed by atoms with Crippen LogP contribution in [0.1, 0.15) is 17.2 Å². The number of nitro groups is 1. The van der Waals surface area contributed by atoms with Crippen molar-refractivity contribution in [2.45, 2.75) is 6.10 Å². The summed E-state index contributed by atoms with van der Waals surface area (Å²) < 4.78 is 6.93. The lowest BCUT2D eigenvalue weighted by Gasteiger charge is -2.20. The van der Waals surface area contributed by atoms with Gasteiger partial charge in [-0.2, -0.15) is 0 Å². The normalized spacial score (nSPS) is 11.9. The lowest BCUT2D eigenvalue weighted by molar-refractivity contribution is -0.386. The number of fused-ring (bicyclic) bond motifs is 1. The smallest absolute Gasteiger partial charge is 0.420 e. The van der Waals surface area contributed by atoms with Crippen LogP contribution in [0.2, 0.25) is 0 Å². The van der Waals surface area contributed by atoms with E-state index in [1.54, 1.807) is 18.2 Å². The highest BCUT2D eigenvalue weighted by Crippen LogP contribution is 2.36. The molecule has 0 radical (unpaired) electrons. The van der Waals surface area contributed by atoms with Crippen LogP contribution in [0.15, 0.2) is 85.5 Å². The largest absolute Gasteiger partial charge is 0.435 e. The number of hydrogen-bond donors (Lipinski definition) is 0. The second-order valence-electron chi connectivity index (χ2n) is 6.12. The van der Waals surface area contributed by atoms with E-state index in [4.69, 9.17) is 4.74 Å². The van der Waals surface area contributed by atoms with Gasteiger partial charge in [-0.1, -0.05) is 54.6 Å². The molecule has 0 aliphatic carbocycles.